The van der Waals surface area contributed by atoms with Crippen LogP contribution in [0.4, 0.5) is 4.79 Å². The normalized spacial score (nSPS) is 13.2. The predicted octanol–water partition coefficient (Wildman–Crippen LogP) is 2.86. The molecule has 0 saturated heterocycles. The largest absolute Gasteiger partial charge is 0.336 e. The lowest BCUT2D eigenvalue weighted by atomic mass is 10.00. The van der Waals surface area contributed by atoms with Crippen LogP contribution in [0.3, 0.4) is 0 Å². The Balaban J connectivity index is 1.50. The average molecular weight is 357 g/mol. The highest BCUT2D eigenvalue weighted by Crippen LogP contribution is 2.18. The number of carbonyl (C=O) groups is 2. The zero-order valence-electron chi connectivity index (χ0n) is 14.4. The number of amides is 3. The summed E-state index contributed by atoms with van der Waals surface area (Å²) in [6.07, 6.45) is 0.870. The average Bonchev–Trinajstić information content (AvgIpc) is 3.16. The van der Waals surface area contributed by atoms with Crippen LogP contribution in [0.25, 0.3) is 0 Å². The molecular weight excluding hydrogens is 334 g/mol. The summed E-state index contributed by atoms with van der Waals surface area (Å²) < 4.78 is 0. The van der Waals surface area contributed by atoms with Crippen molar-refractivity contribution in [3.63, 3.8) is 0 Å². The quantitative estimate of drug-likeness (QED) is 0.895. The molecule has 132 valence electrons. The Morgan fingerprint density at radius 2 is 2.00 bits per heavy atom. The predicted molar refractivity (Wildman–Crippen MR) is 99.4 cm³/mol. The Morgan fingerprint density at radius 1 is 1.20 bits per heavy atom. The summed E-state index contributed by atoms with van der Waals surface area (Å²) in [7, 11) is 0. The molecule has 0 unspecified atom stereocenters. The first-order valence-corrected chi connectivity index (χ1v) is 9.45. The van der Waals surface area contributed by atoms with Crippen LogP contribution in [-0.2, 0) is 24.3 Å². The van der Waals surface area contributed by atoms with Gasteiger partial charge in [-0.1, -0.05) is 30.3 Å². The molecule has 1 aromatic carbocycles. The van der Waals surface area contributed by atoms with E-state index in [9.17, 15) is 9.59 Å². The molecule has 1 aliphatic heterocycles. The van der Waals surface area contributed by atoms with Crippen molar-refractivity contribution in [3.05, 3.63) is 57.8 Å². The molecule has 6 heteroatoms. The van der Waals surface area contributed by atoms with Crippen molar-refractivity contribution in [2.45, 2.75) is 26.4 Å². The third-order valence-corrected chi connectivity index (χ3v) is 5.33. The van der Waals surface area contributed by atoms with E-state index in [4.69, 9.17) is 0 Å². The smallest absolute Gasteiger partial charge is 0.318 e. The first kappa shape index (κ1) is 17.5. The van der Waals surface area contributed by atoms with Gasteiger partial charge in [-0.15, -0.1) is 11.3 Å². The van der Waals surface area contributed by atoms with Gasteiger partial charge in [-0.3, -0.25) is 4.79 Å². The zero-order valence-corrected chi connectivity index (χ0v) is 15.2. The second kappa shape index (κ2) is 8.16. The number of fused-ring (bicyclic) bond motifs is 1. The summed E-state index contributed by atoms with van der Waals surface area (Å²) in [5.74, 6) is -0.0324. The molecule has 5 nitrogen and oxygen atoms in total. The molecule has 25 heavy (non-hydrogen) atoms. The van der Waals surface area contributed by atoms with Crippen molar-refractivity contribution in [3.8, 4) is 0 Å². The number of rotatable bonds is 5. The van der Waals surface area contributed by atoms with E-state index in [1.54, 1.807) is 16.2 Å². The molecule has 0 spiro atoms. The molecule has 0 saturated carbocycles. The van der Waals surface area contributed by atoms with E-state index in [1.807, 2.05) is 41.5 Å². The zero-order chi connectivity index (χ0) is 17.6. The standard InChI is InChI=1S/C19H23N3O2S/c1-2-21(14-17-8-5-11-25-17)19(24)20-12-18(23)22-10-9-15-6-3-4-7-16(15)13-22/h3-8,11H,2,9-10,12-14H2,1H3,(H,20,24). The first-order chi connectivity index (χ1) is 12.2. The van der Waals surface area contributed by atoms with Crippen LogP contribution >= 0.6 is 11.3 Å². The van der Waals surface area contributed by atoms with Crippen LogP contribution in [0.15, 0.2) is 41.8 Å². The van der Waals surface area contributed by atoms with Crippen LogP contribution in [-0.4, -0.2) is 41.4 Å². The van der Waals surface area contributed by atoms with Crippen LogP contribution in [0, 0.1) is 0 Å². The van der Waals surface area contributed by atoms with E-state index in [1.165, 1.54) is 11.1 Å². The maximum Gasteiger partial charge on any atom is 0.318 e. The molecule has 3 amide bonds. The van der Waals surface area contributed by atoms with E-state index in [2.05, 4.69) is 17.4 Å². The number of hydrogen-bond donors (Lipinski definition) is 1. The number of urea groups is 1. The Labute approximate surface area is 152 Å². The first-order valence-electron chi connectivity index (χ1n) is 8.57. The van der Waals surface area contributed by atoms with Crippen molar-refractivity contribution in [2.75, 3.05) is 19.6 Å². The van der Waals surface area contributed by atoms with Crippen LogP contribution in [0.2, 0.25) is 0 Å². The minimum absolute atomic E-state index is 0.0324. The molecule has 0 aliphatic carbocycles. The van der Waals surface area contributed by atoms with Crippen LogP contribution in [0.1, 0.15) is 22.9 Å². The van der Waals surface area contributed by atoms with Gasteiger partial charge in [-0.2, -0.15) is 0 Å². The molecule has 2 heterocycles. The van der Waals surface area contributed by atoms with Gasteiger partial charge in [0, 0.05) is 24.5 Å². The van der Waals surface area contributed by atoms with E-state index >= 15 is 0 Å². The fourth-order valence-electron chi connectivity index (χ4n) is 3.00. The Hall–Kier alpha value is -2.34. The van der Waals surface area contributed by atoms with Crippen molar-refractivity contribution in [2.24, 2.45) is 0 Å². The van der Waals surface area contributed by atoms with Gasteiger partial charge < -0.3 is 15.1 Å². The van der Waals surface area contributed by atoms with Gasteiger partial charge in [0.15, 0.2) is 0 Å². The molecule has 2 aromatic rings. The second-order valence-electron chi connectivity index (χ2n) is 6.09. The number of nitrogens with zero attached hydrogens (tertiary/aromatic N) is 2. The van der Waals surface area contributed by atoms with Gasteiger partial charge in [0.2, 0.25) is 5.91 Å². The molecular formula is C19H23N3O2S. The van der Waals surface area contributed by atoms with E-state index in [0.717, 1.165) is 11.3 Å². The van der Waals surface area contributed by atoms with Gasteiger partial charge in [-0.25, -0.2) is 4.79 Å². The lowest BCUT2D eigenvalue weighted by molar-refractivity contribution is -0.131. The number of benzene rings is 1. The van der Waals surface area contributed by atoms with Crippen molar-refractivity contribution < 1.29 is 9.59 Å². The SMILES string of the molecule is CCN(Cc1cccs1)C(=O)NCC(=O)N1CCc2ccccc2C1. The van der Waals surface area contributed by atoms with Gasteiger partial charge in [0.05, 0.1) is 13.1 Å². The van der Waals surface area contributed by atoms with Gasteiger partial charge in [0.25, 0.3) is 0 Å². The molecule has 0 bridgehead atoms. The molecule has 1 N–H and O–H groups in total. The summed E-state index contributed by atoms with van der Waals surface area (Å²) >= 11 is 1.63. The Morgan fingerprint density at radius 3 is 2.72 bits per heavy atom. The van der Waals surface area contributed by atoms with E-state index < -0.39 is 0 Å². The number of carbonyl (C=O) groups excluding carboxylic acids is 2. The maximum absolute atomic E-state index is 12.4. The lowest BCUT2D eigenvalue weighted by Gasteiger charge is -2.29. The lowest BCUT2D eigenvalue weighted by Crippen LogP contribution is -2.46. The highest BCUT2D eigenvalue weighted by Gasteiger charge is 2.21. The van der Waals surface area contributed by atoms with E-state index in [-0.39, 0.29) is 18.5 Å². The van der Waals surface area contributed by atoms with Crippen molar-refractivity contribution in [1.29, 1.82) is 0 Å². The molecule has 1 aliphatic rings. The highest BCUT2D eigenvalue weighted by atomic mass is 32.1. The minimum Gasteiger partial charge on any atom is -0.336 e. The fraction of sp³-hybridized carbons (Fsp3) is 0.368. The van der Waals surface area contributed by atoms with Crippen LogP contribution in [0.5, 0.6) is 0 Å². The monoisotopic (exact) mass is 357 g/mol. The summed E-state index contributed by atoms with van der Waals surface area (Å²) in [6.45, 7) is 4.49. The maximum atomic E-state index is 12.4. The summed E-state index contributed by atoms with van der Waals surface area (Å²) in [6, 6.07) is 12.0. The number of thiophene rings is 1. The molecule has 0 fully saturated rings. The van der Waals surface area contributed by atoms with Crippen molar-refractivity contribution in [1.82, 2.24) is 15.1 Å². The molecule has 1 aromatic heterocycles. The summed E-state index contributed by atoms with van der Waals surface area (Å²) in [5, 5.41) is 4.77. The van der Waals surface area contributed by atoms with E-state index in [0.29, 0.717) is 26.2 Å². The Bertz CT molecular complexity index is 730. The highest BCUT2D eigenvalue weighted by molar-refractivity contribution is 7.09. The molecule has 0 radical (unpaired) electrons. The van der Waals surface area contributed by atoms with Crippen LogP contribution < -0.4 is 5.32 Å². The molecule has 0 atom stereocenters. The minimum atomic E-state index is -0.193. The fourth-order valence-corrected chi connectivity index (χ4v) is 3.72. The topological polar surface area (TPSA) is 52.7 Å². The van der Waals surface area contributed by atoms with Crippen molar-refractivity contribution >= 4 is 23.3 Å². The van der Waals surface area contributed by atoms with Gasteiger partial charge >= 0.3 is 6.03 Å². The summed E-state index contributed by atoms with van der Waals surface area (Å²) in [4.78, 5) is 29.4. The third-order valence-electron chi connectivity index (χ3n) is 4.47. The van der Waals surface area contributed by atoms with Gasteiger partial charge in [0.1, 0.15) is 0 Å². The number of nitrogens with one attached hydrogen (secondary N) is 1. The molecule has 3 rings (SSSR count). The summed E-state index contributed by atoms with van der Waals surface area (Å²) in [5.41, 5.74) is 2.50. The Kier molecular flexibility index (Phi) is 5.71. The third kappa shape index (κ3) is 4.39. The number of hydrogen-bond acceptors (Lipinski definition) is 3. The second-order valence-corrected chi connectivity index (χ2v) is 7.12. The van der Waals surface area contributed by atoms with Gasteiger partial charge in [-0.05, 0) is 35.9 Å².